The minimum Gasteiger partial charge on any atom is -0.762 e. The van der Waals surface area contributed by atoms with Gasteiger partial charge in [-0.2, -0.15) is 9.83 Å². The molecule has 0 spiro atoms. The molecule has 0 saturated carbocycles. The zero-order chi connectivity index (χ0) is 23.9. The lowest BCUT2D eigenvalue weighted by molar-refractivity contribution is -0.720. The summed E-state index contributed by atoms with van der Waals surface area (Å²) in [6.07, 6.45) is 1.86. The molecule has 0 aliphatic carbocycles. The lowest BCUT2D eigenvalue weighted by Gasteiger charge is -2.45. The molecule has 2 heterocycles. The number of halogens is 2. The van der Waals surface area contributed by atoms with E-state index in [-0.39, 0.29) is 10.8 Å². The summed E-state index contributed by atoms with van der Waals surface area (Å²) in [5.41, 5.74) is 0.691. The van der Waals surface area contributed by atoms with Crippen LogP contribution >= 0.6 is 11.6 Å². The van der Waals surface area contributed by atoms with Gasteiger partial charge in [0.05, 0.1) is 12.0 Å². The van der Waals surface area contributed by atoms with Gasteiger partial charge in [-0.15, -0.1) is 0 Å². The lowest BCUT2D eigenvalue weighted by Crippen LogP contribution is -2.62. The van der Waals surface area contributed by atoms with Crippen molar-refractivity contribution in [3.05, 3.63) is 124 Å². The molecule has 1 aromatic heterocycles. The third-order valence-corrected chi connectivity index (χ3v) is 6.81. The molecule has 4 aromatic rings. The fraction of sp³-hybridized carbons (Fsp3) is 0.111. The highest BCUT2D eigenvalue weighted by Gasteiger charge is 2.54. The van der Waals surface area contributed by atoms with Crippen molar-refractivity contribution >= 4 is 35.1 Å². The third-order valence-electron chi connectivity index (χ3n) is 6.26. The van der Waals surface area contributed by atoms with Crippen LogP contribution in [0.2, 0.25) is 5.02 Å². The maximum absolute atomic E-state index is 13.8. The van der Waals surface area contributed by atoms with Gasteiger partial charge in [0, 0.05) is 33.7 Å². The summed E-state index contributed by atoms with van der Waals surface area (Å²) >= 11 is 11.8. The Morgan fingerprint density at radius 1 is 1.03 bits per heavy atom. The number of benzene rings is 3. The van der Waals surface area contributed by atoms with Gasteiger partial charge in [-0.1, -0.05) is 59.1 Å². The first-order valence-corrected chi connectivity index (χ1v) is 11.4. The highest BCUT2D eigenvalue weighted by molar-refractivity contribution is 7.63. The molecule has 0 bridgehead atoms. The summed E-state index contributed by atoms with van der Waals surface area (Å²) in [5, 5.41) is 27.1. The van der Waals surface area contributed by atoms with Crippen LogP contribution in [0, 0.1) is 17.1 Å². The first-order valence-electron chi connectivity index (χ1n) is 10.6. The van der Waals surface area contributed by atoms with E-state index in [9.17, 15) is 14.8 Å². The van der Waals surface area contributed by atoms with E-state index in [1.54, 1.807) is 18.2 Å². The molecule has 34 heavy (non-hydrogen) atoms. The Bertz CT molecular complexity index is 1450. The smallest absolute Gasteiger partial charge is 0.225 e. The summed E-state index contributed by atoms with van der Waals surface area (Å²) in [4.78, 5) is 0. The van der Waals surface area contributed by atoms with Crippen LogP contribution in [0.3, 0.4) is 0 Å². The van der Waals surface area contributed by atoms with Gasteiger partial charge < -0.3 is 23.1 Å². The quantitative estimate of drug-likeness (QED) is 0.316. The number of pyridine rings is 1. The molecule has 2 N–H and O–H groups in total. The molecule has 0 radical (unpaired) electrons. The molecule has 168 valence electrons. The molecular formula is C27H19ClFN3OS. The van der Waals surface area contributed by atoms with E-state index in [1.807, 2.05) is 65.4 Å². The molecule has 3 atom stereocenters. The molecule has 5 rings (SSSR count). The minimum absolute atomic E-state index is 0.156. The number of nitriles is 1. The second-order valence-electron chi connectivity index (χ2n) is 8.20. The van der Waals surface area contributed by atoms with Crippen molar-refractivity contribution in [3.8, 4) is 6.07 Å². The topological polar surface area (TPSA) is 59.9 Å². The molecule has 1 aliphatic rings. The van der Waals surface area contributed by atoms with E-state index in [4.69, 9.17) is 24.2 Å². The predicted molar refractivity (Wildman–Crippen MR) is 131 cm³/mol. The SMILES string of the molecule is N#CC1=C([S-])NC(O)(c2ccccc2)C([n+]2cccc3cc(Cl)ccc32)C1c1ccc(F)cc1. The molecule has 7 heteroatoms. The van der Waals surface area contributed by atoms with Crippen LogP contribution < -0.4 is 9.88 Å². The van der Waals surface area contributed by atoms with Crippen molar-refractivity contribution in [1.82, 2.24) is 5.32 Å². The number of fused-ring (bicyclic) bond motifs is 1. The Morgan fingerprint density at radius 3 is 2.47 bits per heavy atom. The largest absolute Gasteiger partial charge is 0.762 e. The average Bonchev–Trinajstić information content (AvgIpc) is 2.84. The predicted octanol–water partition coefficient (Wildman–Crippen LogP) is 4.98. The standard InChI is InChI=1S/C27H19ClFN3OS/c28-20-10-13-23-18(15-20)5-4-14-32(23)25-24(17-8-11-21(29)12-9-17)22(16-30)26(34)31-27(25,33)19-6-2-1-3-7-19/h1-15,24-25,31,33H. The van der Waals surface area contributed by atoms with Crippen molar-refractivity contribution in [1.29, 1.82) is 5.26 Å². The van der Waals surface area contributed by atoms with Crippen LogP contribution in [-0.4, -0.2) is 5.11 Å². The maximum atomic E-state index is 13.8. The van der Waals surface area contributed by atoms with E-state index in [0.717, 1.165) is 10.9 Å². The molecule has 3 aromatic carbocycles. The van der Waals surface area contributed by atoms with Gasteiger partial charge in [0.15, 0.2) is 6.20 Å². The number of allylic oxidation sites excluding steroid dienone is 1. The van der Waals surface area contributed by atoms with Gasteiger partial charge in [-0.3, -0.25) is 0 Å². The minimum atomic E-state index is -1.67. The van der Waals surface area contributed by atoms with E-state index >= 15 is 0 Å². The average molecular weight is 488 g/mol. The Kier molecular flexibility index (Phi) is 5.70. The Morgan fingerprint density at radius 2 is 1.76 bits per heavy atom. The first-order chi connectivity index (χ1) is 16.4. The normalized spacial score (nSPS) is 22.3. The van der Waals surface area contributed by atoms with Crippen LogP contribution in [0.1, 0.15) is 23.1 Å². The molecule has 0 fully saturated rings. The molecule has 1 aliphatic heterocycles. The van der Waals surface area contributed by atoms with Crippen molar-refractivity contribution in [2.24, 2.45) is 0 Å². The fourth-order valence-electron chi connectivity index (χ4n) is 4.75. The summed E-state index contributed by atoms with van der Waals surface area (Å²) in [7, 11) is 0. The second-order valence-corrected chi connectivity index (χ2v) is 9.05. The summed E-state index contributed by atoms with van der Waals surface area (Å²) < 4.78 is 15.7. The molecular weight excluding hydrogens is 469 g/mol. The van der Waals surface area contributed by atoms with E-state index in [1.165, 1.54) is 12.1 Å². The van der Waals surface area contributed by atoms with Crippen molar-refractivity contribution < 1.29 is 14.1 Å². The number of aromatic nitrogens is 1. The first kappa shape index (κ1) is 22.3. The molecule has 0 saturated heterocycles. The van der Waals surface area contributed by atoms with Gasteiger partial charge in [0.1, 0.15) is 5.82 Å². The summed E-state index contributed by atoms with van der Waals surface area (Å²) in [5.74, 6) is -1.04. The van der Waals surface area contributed by atoms with Gasteiger partial charge in [0.25, 0.3) is 0 Å². The number of nitrogens with zero attached hydrogens (tertiary/aromatic N) is 2. The number of hydrogen-bond acceptors (Lipinski definition) is 4. The van der Waals surface area contributed by atoms with Crippen LogP contribution in [-0.2, 0) is 18.4 Å². The lowest BCUT2D eigenvalue weighted by atomic mass is 9.75. The van der Waals surface area contributed by atoms with Crippen LogP contribution in [0.15, 0.2) is 102 Å². The van der Waals surface area contributed by atoms with Crippen LogP contribution in [0.25, 0.3) is 10.9 Å². The number of nitrogens with one attached hydrogen (secondary N) is 1. The fourth-order valence-corrected chi connectivity index (χ4v) is 5.26. The van der Waals surface area contributed by atoms with Crippen molar-refractivity contribution in [2.45, 2.75) is 17.7 Å². The molecule has 0 amide bonds. The number of rotatable bonds is 3. The maximum Gasteiger partial charge on any atom is 0.225 e. The monoisotopic (exact) mass is 487 g/mol. The van der Waals surface area contributed by atoms with Crippen LogP contribution in [0.4, 0.5) is 4.39 Å². The van der Waals surface area contributed by atoms with E-state index < -0.39 is 17.7 Å². The zero-order valence-corrected chi connectivity index (χ0v) is 19.4. The summed E-state index contributed by atoms with van der Waals surface area (Å²) in [6, 6.07) is 25.9. The van der Waals surface area contributed by atoms with E-state index in [0.29, 0.717) is 21.7 Å². The number of aliphatic hydroxyl groups is 1. The Hall–Kier alpha value is -3.50. The van der Waals surface area contributed by atoms with Crippen molar-refractivity contribution in [2.75, 3.05) is 0 Å². The molecule has 4 nitrogen and oxygen atoms in total. The number of hydrogen-bond donors (Lipinski definition) is 2. The Balaban J connectivity index is 1.86. The third kappa shape index (κ3) is 3.68. The van der Waals surface area contributed by atoms with Crippen LogP contribution in [0.5, 0.6) is 0 Å². The second kappa shape index (κ2) is 8.69. The van der Waals surface area contributed by atoms with Gasteiger partial charge in [-0.25, -0.2) is 4.39 Å². The Labute approximate surface area is 207 Å². The van der Waals surface area contributed by atoms with E-state index in [2.05, 4.69) is 11.4 Å². The van der Waals surface area contributed by atoms with Crippen molar-refractivity contribution in [3.63, 3.8) is 0 Å². The highest BCUT2D eigenvalue weighted by Crippen LogP contribution is 2.47. The highest BCUT2D eigenvalue weighted by atomic mass is 35.5. The summed E-state index contributed by atoms with van der Waals surface area (Å²) in [6.45, 7) is 0. The zero-order valence-electron chi connectivity index (χ0n) is 17.8. The van der Waals surface area contributed by atoms with Gasteiger partial charge >= 0.3 is 0 Å². The van der Waals surface area contributed by atoms with Gasteiger partial charge in [0.2, 0.25) is 17.3 Å². The molecule has 3 unspecified atom stereocenters. The van der Waals surface area contributed by atoms with Gasteiger partial charge in [-0.05, 0) is 35.9 Å².